The van der Waals surface area contributed by atoms with Gasteiger partial charge in [-0.1, -0.05) is 24.3 Å². The predicted molar refractivity (Wildman–Crippen MR) is 71.1 cm³/mol. The molecular formula is C15H23NO. The van der Waals surface area contributed by atoms with Crippen molar-refractivity contribution in [1.82, 2.24) is 5.32 Å². The molecule has 1 aliphatic heterocycles. The van der Waals surface area contributed by atoms with E-state index in [0.29, 0.717) is 18.0 Å². The molecule has 0 spiro atoms. The van der Waals surface area contributed by atoms with Gasteiger partial charge in [0.25, 0.3) is 0 Å². The maximum atomic E-state index is 5.45. The Morgan fingerprint density at radius 1 is 1.29 bits per heavy atom. The first-order valence-corrected chi connectivity index (χ1v) is 6.58. The zero-order valence-electron chi connectivity index (χ0n) is 11.1. The number of hydrogen-bond acceptors (Lipinski definition) is 2. The lowest BCUT2D eigenvalue weighted by Gasteiger charge is -2.25. The van der Waals surface area contributed by atoms with Crippen LogP contribution in [0.4, 0.5) is 0 Å². The van der Waals surface area contributed by atoms with Gasteiger partial charge in [-0.15, -0.1) is 0 Å². The summed E-state index contributed by atoms with van der Waals surface area (Å²) in [4.78, 5) is 0. The monoisotopic (exact) mass is 233 g/mol. The maximum Gasteiger partial charge on any atom is 0.0509 e. The Morgan fingerprint density at radius 3 is 2.71 bits per heavy atom. The van der Waals surface area contributed by atoms with E-state index in [1.165, 1.54) is 17.5 Å². The molecule has 2 heteroatoms. The van der Waals surface area contributed by atoms with Crippen molar-refractivity contribution in [3.63, 3.8) is 0 Å². The maximum absolute atomic E-state index is 5.45. The molecule has 2 nitrogen and oxygen atoms in total. The van der Waals surface area contributed by atoms with Gasteiger partial charge in [0.1, 0.15) is 0 Å². The largest absolute Gasteiger partial charge is 0.381 e. The number of nitrogens with one attached hydrogen (secondary N) is 1. The molecule has 0 radical (unpaired) electrons. The molecule has 1 saturated heterocycles. The van der Waals surface area contributed by atoms with Gasteiger partial charge in [0.15, 0.2) is 0 Å². The lowest BCUT2D eigenvalue weighted by atomic mass is 9.97. The molecule has 0 aromatic heterocycles. The van der Waals surface area contributed by atoms with E-state index >= 15 is 0 Å². The fourth-order valence-electron chi connectivity index (χ4n) is 2.64. The van der Waals surface area contributed by atoms with Crippen LogP contribution in [0.25, 0.3) is 0 Å². The molecule has 17 heavy (non-hydrogen) atoms. The third-order valence-corrected chi connectivity index (χ3v) is 3.84. The minimum absolute atomic E-state index is 0.409. The van der Waals surface area contributed by atoms with Gasteiger partial charge in [-0.3, -0.25) is 0 Å². The second-order valence-corrected chi connectivity index (χ2v) is 5.16. The summed E-state index contributed by atoms with van der Waals surface area (Å²) in [6.45, 7) is 8.53. The summed E-state index contributed by atoms with van der Waals surface area (Å²) in [6.07, 6.45) is 1.19. The standard InChI is InChI=1S/C15H23NO/c1-11-6-4-5-7-15(11)13(3)16-12(2)14-8-9-17-10-14/h4-7,12-14,16H,8-10H2,1-3H3/t12?,13-,14?/m0/s1. The van der Waals surface area contributed by atoms with Gasteiger partial charge in [-0.25, -0.2) is 0 Å². The molecule has 2 unspecified atom stereocenters. The van der Waals surface area contributed by atoms with Crippen molar-refractivity contribution in [2.75, 3.05) is 13.2 Å². The average Bonchev–Trinajstić information content (AvgIpc) is 2.82. The Bertz CT molecular complexity index is 358. The van der Waals surface area contributed by atoms with Gasteiger partial charge in [-0.05, 0) is 44.2 Å². The van der Waals surface area contributed by atoms with Crippen molar-refractivity contribution >= 4 is 0 Å². The van der Waals surface area contributed by atoms with E-state index in [0.717, 1.165) is 13.2 Å². The summed E-state index contributed by atoms with van der Waals surface area (Å²) in [7, 11) is 0. The smallest absolute Gasteiger partial charge is 0.0509 e. The molecule has 1 aromatic carbocycles. The first-order chi connectivity index (χ1) is 8.18. The molecular weight excluding hydrogens is 210 g/mol. The Hall–Kier alpha value is -0.860. The second-order valence-electron chi connectivity index (χ2n) is 5.16. The van der Waals surface area contributed by atoms with Crippen LogP contribution in [0.3, 0.4) is 0 Å². The number of rotatable bonds is 4. The average molecular weight is 233 g/mol. The number of aryl methyl sites for hydroxylation is 1. The molecule has 0 aliphatic carbocycles. The molecule has 1 aromatic rings. The quantitative estimate of drug-likeness (QED) is 0.863. The molecule has 2 rings (SSSR count). The molecule has 94 valence electrons. The predicted octanol–water partition coefficient (Wildman–Crippen LogP) is 3.07. The third kappa shape index (κ3) is 3.08. The molecule has 0 bridgehead atoms. The van der Waals surface area contributed by atoms with Crippen LogP contribution in [0.5, 0.6) is 0 Å². The molecule has 1 fully saturated rings. The van der Waals surface area contributed by atoms with Crippen LogP contribution in [0.1, 0.15) is 37.4 Å². The van der Waals surface area contributed by atoms with E-state index in [1.54, 1.807) is 0 Å². The van der Waals surface area contributed by atoms with E-state index in [-0.39, 0.29) is 0 Å². The topological polar surface area (TPSA) is 21.3 Å². The highest BCUT2D eigenvalue weighted by molar-refractivity contribution is 5.28. The van der Waals surface area contributed by atoms with Gasteiger partial charge >= 0.3 is 0 Å². The van der Waals surface area contributed by atoms with Gasteiger partial charge in [0.05, 0.1) is 6.61 Å². The van der Waals surface area contributed by atoms with Crippen LogP contribution >= 0.6 is 0 Å². The van der Waals surface area contributed by atoms with E-state index in [4.69, 9.17) is 4.74 Å². The van der Waals surface area contributed by atoms with Gasteiger partial charge < -0.3 is 10.1 Å². The Labute approximate surface area is 104 Å². The number of ether oxygens (including phenoxy) is 1. The molecule has 0 amide bonds. The Kier molecular flexibility index (Phi) is 4.19. The number of hydrogen-bond donors (Lipinski definition) is 1. The minimum atomic E-state index is 0.409. The minimum Gasteiger partial charge on any atom is -0.381 e. The Morgan fingerprint density at radius 2 is 2.06 bits per heavy atom. The molecule has 3 atom stereocenters. The number of benzene rings is 1. The summed E-state index contributed by atoms with van der Waals surface area (Å²) in [6, 6.07) is 9.53. The zero-order chi connectivity index (χ0) is 12.3. The van der Waals surface area contributed by atoms with Crippen molar-refractivity contribution in [2.45, 2.75) is 39.3 Å². The van der Waals surface area contributed by atoms with Crippen LogP contribution < -0.4 is 5.32 Å². The highest BCUT2D eigenvalue weighted by Gasteiger charge is 2.23. The third-order valence-electron chi connectivity index (χ3n) is 3.84. The normalized spacial score (nSPS) is 23.6. The van der Waals surface area contributed by atoms with Gasteiger partial charge in [0.2, 0.25) is 0 Å². The summed E-state index contributed by atoms with van der Waals surface area (Å²) in [5, 5.41) is 3.70. The van der Waals surface area contributed by atoms with E-state index in [2.05, 4.69) is 50.4 Å². The summed E-state index contributed by atoms with van der Waals surface area (Å²) < 4.78 is 5.45. The molecule has 1 aliphatic rings. The van der Waals surface area contributed by atoms with E-state index in [1.807, 2.05) is 0 Å². The zero-order valence-corrected chi connectivity index (χ0v) is 11.1. The second kappa shape index (κ2) is 5.65. The lowest BCUT2D eigenvalue weighted by molar-refractivity contribution is 0.177. The lowest BCUT2D eigenvalue weighted by Crippen LogP contribution is -2.35. The first-order valence-electron chi connectivity index (χ1n) is 6.58. The van der Waals surface area contributed by atoms with Crippen LogP contribution in [0, 0.1) is 12.8 Å². The van der Waals surface area contributed by atoms with Crippen LogP contribution in [0.2, 0.25) is 0 Å². The van der Waals surface area contributed by atoms with Crippen molar-refractivity contribution < 1.29 is 4.74 Å². The summed E-state index contributed by atoms with van der Waals surface area (Å²) >= 11 is 0. The van der Waals surface area contributed by atoms with E-state index < -0.39 is 0 Å². The highest BCUT2D eigenvalue weighted by atomic mass is 16.5. The van der Waals surface area contributed by atoms with Gasteiger partial charge in [-0.2, -0.15) is 0 Å². The molecule has 0 saturated carbocycles. The van der Waals surface area contributed by atoms with Crippen molar-refractivity contribution in [1.29, 1.82) is 0 Å². The van der Waals surface area contributed by atoms with Crippen LogP contribution in [0.15, 0.2) is 24.3 Å². The summed E-state index contributed by atoms with van der Waals surface area (Å²) in [5.41, 5.74) is 2.76. The van der Waals surface area contributed by atoms with Gasteiger partial charge in [0, 0.05) is 18.7 Å². The SMILES string of the molecule is Cc1ccccc1[C@H](C)NC(C)C1CCOC1. The summed E-state index contributed by atoms with van der Waals surface area (Å²) in [5.74, 6) is 0.668. The van der Waals surface area contributed by atoms with Crippen molar-refractivity contribution in [3.8, 4) is 0 Å². The highest BCUT2D eigenvalue weighted by Crippen LogP contribution is 2.21. The fraction of sp³-hybridized carbons (Fsp3) is 0.600. The van der Waals surface area contributed by atoms with Crippen LogP contribution in [-0.2, 0) is 4.74 Å². The van der Waals surface area contributed by atoms with Crippen molar-refractivity contribution in [2.24, 2.45) is 5.92 Å². The molecule has 1 N–H and O–H groups in total. The first kappa shape index (κ1) is 12.6. The van der Waals surface area contributed by atoms with Crippen molar-refractivity contribution in [3.05, 3.63) is 35.4 Å². The van der Waals surface area contributed by atoms with E-state index in [9.17, 15) is 0 Å². The molecule has 1 heterocycles. The fourth-order valence-corrected chi connectivity index (χ4v) is 2.64. The van der Waals surface area contributed by atoms with Crippen LogP contribution in [-0.4, -0.2) is 19.3 Å². The Balaban J connectivity index is 1.96.